The van der Waals surface area contributed by atoms with Gasteiger partial charge in [-0.3, -0.25) is 19.2 Å². The van der Waals surface area contributed by atoms with Crippen LogP contribution in [0.4, 0.5) is 0 Å². The summed E-state index contributed by atoms with van der Waals surface area (Å²) in [6, 6.07) is 4.63. The highest BCUT2D eigenvalue weighted by Crippen LogP contribution is 2.62. The number of amides is 1. The second kappa shape index (κ2) is 8.44. The van der Waals surface area contributed by atoms with Gasteiger partial charge in [-0.2, -0.15) is 0 Å². The fourth-order valence-corrected chi connectivity index (χ4v) is 9.69. The van der Waals surface area contributed by atoms with Gasteiger partial charge in [-0.15, -0.1) is 0 Å². The lowest BCUT2D eigenvalue weighted by atomic mass is 9.49. The molecule has 4 bridgehead atoms. The molecule has 10 heteroatoms. The van der Waals surface area contributed by atoms with Gasteiger partial charge in [0, 0.05) is 23.8 Å². The Morgan fingerprint density at radius 3 is 2.20 bits per heavy atom. The van der Waals surface area contributed by atoms with E-state index >= 15 is 0 Å². The molecule has 0 heterocycles. The lowest BCUT2D eigenvalue weighted by molar-refractivity contribution is -0.195. The van der Waals surface area contributed by atoms with Crippen molar-refractivity contribution in [2.45, 2.75) is 69.5 Å². The third kappa shape index (κ3) is 3.34. The van der Waals surface area contributed by atoms with E-state index in [9.17, 15) is 39.6 Å². The number of phenolic OH excluding ortho intramolecular Hbond substituents is 1. The van der Waals surface area contributed by atoms with Crippen molar-refractivity contribution in [3.63, 3.8) is 0 Å². The number of aliphatic hydroxyl groups is 3. The Morgan fingerprint density at radius 2 is 1.61 bits per heavy atom. The predicted octanol–water partition coefficient (Wildman–Crippen LogP) is 2.72. The molecule has 1 aromatic rings. The molecule has 7 aliphatic carbocycles. The van der Waals surface area contributed by atoms with Crippen molar-refractivity contribution < 1.29 is 44.3 Å². The molecule has 7 aliphatic rings. The molecular formula is C31H33NO9. The van der Waals surface area contributed by atoms with Crippen LogP contribution in [0.2, 0.25) is 0 Å². The molecule has 0 radical (unpaired) electrons. The number of nitrogens with two attached hydrogens (primary N) is 1. The van der Waals surface area contributed by atoms with Gasteiger partial charge < -0.3 is 30.9 Å². The van der Waals surface area contributed by atoms with Crippen LogP contribution in [0.1, 0.15) is 68.9 Å². The SMILES string of the molecule is CC1c2cccc(O)c2C(O)=C2C(=O)C3(O)C(O)=C(C(N)=O)C(=O)CC3C(OC(=O)C34CC5CC(CC(C5)C3)C4)C21. The van der Waals surface area contributed by atoms with Crippen LogP contribution in [0.3, 0.4) is 0 Å². The Kier molecular flexibility index (Phi) is 5.40. The monoisotopic (exact) mass is 563 g/mol. The van der Waals surface area contributed by atoms with E-state index in [1.165, 1.54) is 6.07 Å². The highest BCUT2D eigenvalue weighted by molar-refractivity contribution is 6.23. The van der Waals surface area contributed by atoms with Crippen molar-refractivity contribution in [2.75, 3.05) is 0 Å². The molecule has 41 heavy (non-hydrogen) atoms. The van der Waals surface area contributed by atoms with Crippen molar-refractivity contribution in [1.82, 2.24) is 0 Å². The Hall–Kier alpha value is -3.66. The quantitative estimate of drug-likeness (QED) is 0.272. The fraction of sp³-hybridized carbons (Fsp3) is 0.548. The zero-order valence-electron chi connectivity index (χ0n) is 22.6. The van der Waals surface area contributed by atoms with Crippen LogP contribution in [-0.2, 0) is 23.9 Å². The van der Waals surface area contributed by atoms with Crippen molar-refractivity contribution >= 4 is 29.2 Å². The number of carbonyl (C=O) groups excluding carboxylic acids is 4. The third-order valence-corrected chi connectivity index (χ3v) is 11.0. The minimum atomic E-state index is -2.86. The van der Waals surface area contributed by atoms with Gasteiger partial charge in [-0.25, -0.2) is 0 Å². The van der Waals surface area contributed by atoms with Crippen LogP contribution < -0.4 is 5.73 Å². The summed E-state index contributed by atoms with van der Waals surface area (Å²) in [5.74, 6) is -7.58. The van der Waals surface area contributed by atoms with E-state index in [2.05, 4.69) is 0 Å². The summed E-state index contributed by atoms with van der Waals surface area (Å²) in [5, 5.41) is 45.1. The Morgan fingerprint density at radius 1 is 1.00 bits per heavy atom. The van der Waals surface area contributed by atoms with Crippen LogP contribution in [0, 0.1) is 35.0 Å². The second-order valence-electron chi connectivity index (χ2n) is 13.3. The second-order valence-corrected chi connectivity index (χ2v) is 13.3. The smallest absolute Gasteiger partial charge is 0.312 e. The van der Waals surface area contributed by atoms with Gasteiger partial charge in [0.25, 0.3) is 5.91 Å². The first kappa shape index (κ1) is 26.3. The largest absolute Gasteiger partial charge is 0.508 e. The zero-order chi connectivity index (χ0) is 29.2. The van der Waals surface area contributed by atoms with Crippen LogP contribution in [0.25, 0.3) is 5.76 Å². The van der Waals surface area contributed by atoms with Crippen LogP contribution >= 0.6 is 0 Å². The van der Waals surface area contributed by atoms with Gasteiger partial charge in [0.15, 0.2) is 11.4 Å². The normalized spacial score (nSPS) is 40.7. The Balaban J connectivity index is 1.39. The Labute approximate surface area is 235 Å². The summed E-state index contributed by atoms with van der Waals surface area (Å²) >= 11 is 0. The minimum Gasteiger partial charge on any atom is -0.508 e. The van der Waals surface area contributed by atoms with E-state index < -0.39 is 81.8 Å². The predicted molar refractivity (Wildman–Crippen MR) is 142 cm³/mol. The maximum atomic E-state index is 14.2. The number of ether oxygens (including phenoxy) is 1. The average Bonchev–Trinajstić information content (AvgIpc) is 2.89. The fourth-order valence-electron chi connectivity index (χ4n) is 9.69. The molecule has 0 aliphatic heterocycles. The number of esters is 1. The van der Waals surface area contributed by atoms with Gasteiger partial charge in [0.05, 0.1) is 11.0 Å². The summed E-state index contributed by atoms with van der Waals surface area (Å²) in [5.41, 5.74) is 1.06. The first-order valence-corrected chi connectivity index (χ1v) is 14.4. The minimum absolute atomic E-state index is 0.00158. The molecule has 1 aromatic carbocycles. The lowest BCUT2D eigenvalue weighted by Gasteiger charge is -2.56. The molecule has 5 fully saturated rings. The highest BCUT2D eigenvalue weighted by Gasteiger charge is 2.67. The number of hydrogen-bond acceptors (Lipinski definition) is 9. The molecule has 5 unspecified atom stereocenters. The molecule has 0 spiro atoms. The van der Waals surface area contributed by atoms with Gasteiger partial charge in [-0.05, 0) is 73.8 Å². The topological polar surface area (TPSA) is 184 Å². The van der Waals surface area contributed by atoms with Gasteiger partial charge in [-0.1, -0.05) is 19.1 Å². The molecule has 1 amide bonds. The number of aromatic hydroxyl groups is 1. The van der Waals surface area contributed by atoms with Crippen molar-refractivity contribution in [2.24, 2.45) is 40.7 Å². The molecule has 5 atom stereocenters. The molecule has 8 rings (SSSR count). The number of phenols is 1. The van der Waals surface area contributed by atoms with Crippen LogP contribution in [-0.4, -0.2) is 55.6 Å². The summed E-state index contributed by atoms with van der Waals surface area (Å²) in [7, 11) is 0. The number of Topliss-reactive ketones (excluding diaryl/α,β-unsaturated/α-hetero) is 2. The number of rotatable bonds is 3. The molecule has 10 nitrogen and oxygen atoms in total. The number of ketones is 2. The number of aliphatic hydroxyl groups excluding tert-OH is 2. The zero-order valence-corrected chi connectivity index (χ0v) is 22.6. The maximum absolute atomic E-state index is 14.2. The molecule has 6 N–H and O–H groups in total. The van der Waals surface area contributed by atoms with Gasteiger partial charge in [0.1, 0.15) is 28.9 Å². The number of primary amides is 1. The van der Waals surface area contributed by atoms with E-state index in [0.29, 0.717) is 42.6 Å². The van der Waals surface area contributed by atoms with E-state index in [1.54, 1.807) is 19.1 Å². The van der Waals surface area contributed by atoms with E-state index in [1.807, 2.05) is 0 Å². The summed E-state index contributed by atoms with van der Waals surface area (Å²) < 4.78 is 6.32. The number of hydrogen-bond donors (Lipinski definition) is 5. The van der Waals surface area contributed by atoms with E-state index in [-0.39, 0.29) is 16.9 Å². The molecule has 5 saturated carbocycles. The molecule has 0 saturated heterocycles. The summed E-state index contributed by atoms with van der Waals surface area (Å²) in [6.07, 6.45) is 3.48. The van der Waals surface area contributed by atoms with Crippen molar-refractivity contribution in [3.8, 4) is 5.75 Å². The van der Waals surface area contributed by atoms with E-state index in [0.717, 1.165) is 19.3 Å². The standard InChI is InChI=1S/C31H33NO9/c1-12-16-3-2-4-18(33)21(16)24(35)23-20(12)25(17-8-19(34)22(28(32)38)26(36)31(17,40)27(23)37)41-29(39)30-9-13-5-14(10-30)7-15(6-13)11-30/h2-4,12-15,17,20,25,33,35-36,40H,5-11H2,1H3,(H2,32,38). The van der Waals surface area contributed by atoms with Crippen LogP contribution in [0.15, 0.2) is 35.1 Å². The van der Waals surface area contributed by atoms with Crippen molar-refractivity contribution in [1.29, 1.82) is 0 Å². The van der Waals surface area contributed by atoms with Gasteiger partial charge >= 0.3 is 5.97 Å². The molecule has 216 valence electrons. The lowest BCUT2D eigenvalue weighted by Crippen LogP contribution is -2.65. The number of fused-ring (bicyclic) bond motifs is 3. The Bertz CT molecular complexity index is 1470. The maximum Gasteiger partial charge on any atom is 0.312 e. The molecule has 0 aromatic heterocycles. The molecular weight excluding hydrogens is 530 g/mol. The van der Waals surface area contributed by atoms with E-state index in [4.69, 9.17) is 10.5 Å². The average molecular weight is 564 g/mol. The van der Waals surface area contributed by atoms with Gasteiger partial charge in [0.2, 0.25) is 5.78 Å². The van der Waals surface area contributed by atoms with Crippen molar-refractivity contribution in [3.05, 3.63) is 46.2 Å². The third-order valence-electron chi connectivity index (χ3n) is 11.0. The first-order chi connectivity index (χ1) is 19.4. The highest BCUT2D eigenvalue weighted by atomic mass is 16.5. The first-order valence-electron chi connectivity index (χ1n) is 14.4. The summed E-state index contributed by atoms with van der Waals surface area (Å²) in [6.45, 7) is 1.76. The summed E-state index contributed by atoms with van der Waals surface area (Å²) in [4.78, 5) is 53.4. The number of benzene rings is 1. The number of carbonyl (C=O) groups is 4. The van der Waals surface area contributed by atoms with Crippen LogP contribution in [0.5, 0.6) is 5.75 Å².